The molecule has 7 heteroatoms. The number of nitrogens with zero attached hydrogens (tertiary/aromatic N) is 2. The molecule has 0 aliphatic rings. The molecule has 2 aromatic carbocycles. The van der Waals surface area contributed by atoms with E-state index in [2.05, 4.69) is 44.1 Å². The van der Waals surface area contributed by atoms with Crippen molar-refractivity contribution in [2.75, 3.05) is 0 Å². The van der Waals surface area contributed by atoms with E-state index in [1.165, 1.54) is 11.9 Å². The van der Waals surface area contributed by atoms with Gasteiger partial charge in [0, 0.05) is 3.70 Å². The van der Waals surface area contributed by atoms with Gasteiger partial charge in [0.1, 0.15) is 0 Å². The van der Waals surface area contributed by atoms with Gasteiger partial charge in [-0.05, 0) is 48.0 Å². The largest absolute Gasteiger partial charge is 2.00 e. The van der Waals surface area contributed by atoms with Crippen LogP contribution in [0.2, 0.25) is 0 Å². The first-order chi connectivity index (χ1) is 12.1. The molecule has 27 heavy (non-hydrogen) atoms. The van der Waals surface area contributed by atoms with Crippen LogP contribution in [-0.4, -0.2) is 17.4 Å². The first-order valence-electron chi connectivity index (χ1n) is 7.96. The summed E-state index contributed by atoms with van der Waals surface area (Å²) in [5.41, 5.74) is 2.35. The number of imidazole rings is 1. The van der Waals surface area contributed by atoms with Crippen molar-refractivity contribution in [3.8, 4) is 0 Å². The number of rotatable bonds is 3. The van der Waals surface area contributed by atoms with E-state index < -0.39 is 10.0 Å². The Hall–Kier alpha value is -1.15. The second-order valence-corrected chi connectivity index (χ2v) is 9.35. The van der Waals surface area contributed by atoms with E-state index in [0.29, 0.717) is 3.70 Å². The molecule has 4 nitrogen and oxygen atoms in total. The monoisotopic (exact) mass is 543 g/mol. The second-order valence-electron chi connectivity index (χ2n) is 6.51. The minimum Gasteiger partial charge on any atom is -0.393 e. The maximum Gasteiger partial charge on any atom is 2.00 e. The van der Waals surface area contributed by atoms with Crippen LogP contribution in [0.15, 0.2) is 65.8 Å². The Morgan fingerprint density at radius 1 is 1.07 bits per heavy atom. The fraction of sp³-hybridized carbons (Fsp3) is 0.200. The number of benzene rings is 2. The molecule has 0 aliphatic carbocycles. The van der Waals surface area contributed by atoms with Crippen LogP contribution >= 0.6 is 22.6 Å². The molecule has 0 N–H and O–H groups in total. The van der Waals surface area contributed by atoms with Gasteiger partial charge in [-0.25, -0.2) is 8.42 Å². The summed E-state index contributed by atoms with van der Waals surface area (Å²) in [6.07, 6.45) is 3.88. The Labute approximate surface area is 186 Å². The molecule has 0 fully saturated rings. The summed E-state index contributed by atoms with van der Waals surface area (Å²) in [4.78, 5) is 4.08. The van der Waals surface area contributed by atoms with Crippen molar-refractivity contribution in [1.82, 2.24) is 8.96 Å². The zero-order valence-corrected chi connectivity index (χ0v) is 19.2. The summed E-state index contributed by atoms with van der Waals surface area (Å²) in [5, 5.41) is 0. The standard InChI is InChI=1S/C10H8IN2O2S.C10H13.Cu/c1-8-2-4-9(5-3-8)16(14,15)13-6-10(11)12-7-13;1-10(2,3)9-7-5-4-6-8-9;/h2-5,7H,1H3;4-8H,1H2,2-3H3;/q2*-1;+2. The van der Waals surface area contributed by atoms with E-state index in [4.69, 9.17) is 0 Å². The zero-order chi connectivity index (χ0) is 19.4. The quantitative estimate of drug-likeness (QED) is 0.275. The molecule has 1 heterocycles. The Kier molecular flexibility index (Phi) is 8.73. The molecule has 0 bridgehead atoms. The molecule has 0 saturated heterocycles. The molecule has 0 amide bonds. The van der Waals surface area contributed by atoms with Gasteiger partial charge >= 0.3 is 17.1 Å². The van der Waals surface area contributed by atoms with E-state index in [1.54, 1.807) is 24.3 Å². The van der Waals surface area contributed by atoms with Crippen LogP contribution in [0.4, 0.5) is 0 Å². The van der Waals surface area contributed by atoms with Crippen molar-refractivity contribution in [3.63, 3.8) is 0 Å². The van der Waals surface area contributed by atoms with Crippen LogP contribution in [0.3, 0.4) is 0 Å². The number of aryl methyl sites for hydroxylation is 1. The van der Waals surface area contributed by atoms with Gasteiger partial charge in [0.25, 0.3) is 0 Å². The Morgan fingerprint density at radius 3 is 2.04 bits per heavy atom. The van der Waals surface area contributed by atoms with Gasteiger partial charge in [0.15, 0.2) is 0 Å². The smallest absolute Gasteiger partial charge is 0.393 e. The SMILES string of the molecule is Cc1ccc(S(=O)(=O)n2[c-]c(I)nc2)cc1.[CH2-]C(C)(C)c1ccccc1.[Cu+2]. The number of aromatic nitrogens is 2. The van der Waals surface area contributed by atoms with Gasteiger partial charge in [-0.1, -0.05) is 67.4 Å². The first kappa shape index (κ1) is 23.9. The predicted molar refractivity (Wildman–Crippen MR) is 112 cm³/mol. The normalized spacial score (nSPS) is 11.1. The molecule has 0 spiro atoms. The summed E-state index contributed by atoms with van der Waals surface area (Å²) < 4.78 is 25.6. The minimum absolute atomic E-state index is 0. The van der Waals surface area contributed by atoms with Crippen molar-refractivity contribution in [3.05, 3.63) is 88.9 Å². The van der Waals surface area contributed by atoms with Gasteiger partial charge in [-0.2, -0.15) is 0 Å². The second kappa shape index (κ2) is 9.87. The fourth-order valence-electron chi connectivity index (χ4n) is 2.09. The topological polar surface area (TPSA) is 52.0 Å². The molecule has 1 radical (unpaired) electrons. The van der Waals surface area contributed by atoms with Crippen molar-refractivity contribution >= 4 is 32.6 Å². The predicted octanol–water partition coefficient (Wildman–Crippen LogP) is 4.63. The van der Waals surface area contributed by atoms with Crippen molar-refractivity contribution in [1.29, 1.82) is 0 Å². The van der Waals surface area contributed by atoms with Gasteiger partial charge in [-0.15, -0.1) is 11.6 Å². The van der Waals surface area contributed by atoms with Crippen molar-refractivity contribution < 1.29 is 25.5 Å². The van der Waals surface area contributed by atoms with E-state index >= 15 is 0 Å². The zero-order valence-electron chi connectivity index (χ0n) is 15.3. The summed E-state index contributed by atoms with van der Waals surface area (Å²) in [7, 11) is -3.54. The van der Waals surface area contributed by atoms with Gasteiger partial charge in [0.05, 0.1) is 4.90 Å². The molecule has 0 aliphatic heterocycles. The van der Waals surface area contributed by atoms with Gasteiger partial charge in [0.2, 0.25) is 10.0 Å². The molecule has 147 valence electrons. The van der Waals surface area contributed by atoms with Gasteiger partial charge in [-0.3, -0.25) is 0 Å². The Bertz CT molecular complexity index is 948. The van der Waals surface area contributed by atoms with Crippen molar-refractivity contribution in [2.45, 2.75) is 31.1 Å². The molecule has 1 aromatic heterocycles. The average Bonchev–Trinajstić information content (AvgIpc) is 3.03. The molecule has 3 rings (SSSR count). The third kappa shape index (κ3) is 6.75. The van der Waals surface area contributed by atoms with E-state index in [-0.39, 0.29) is 27.4 Å². The third-order valence-corrected chi connectivity index (χ3v) is 5.70. The molecular formula is C20H21CuIN2O2S. The molecular weight excluding hydrogens is 523 g/mol. The summed E-state index contributed by atoms with van der Waals surface area (Å²) in [5.74, 6) is 0. The Morgan fingerprint density at radius 2 is 1.63 bits per heavy atom. The fourth-order valence-corrected chi connectivity index (χ4v) is 3.72. The van der Waals surface area contributed by atoms with E-state index in [9.17, 15) is 8.42 Å². The minimum atomic E-state index is -3.54. The first-order valence-corrected chi connectivity index (χ1v) is 10.5. The number of halogens is 1. The van der Waals surface area contributed by atoms with E-state index in [1.807, 2.05) is 47.7 Å². The number of hydrogen-bond donors (Lipinski definition) is 0. The van der Waals surface area contributed by atoms with Crippen molar-refractivity contribution in [2.24, 2.45) is 0 Å². The van der Waals surface area contributed by atoms with Crippen LogP contribution in [0.5, 0.6) is 0 Å². The third-order valence-electron chi connectivity index (χ3n) is 3.61. The van der Waals surface area contributed by atoms with Crippen LogP contribution in [0.1, 0.15) is 25.0 Å². The summed E-state index contributed by atoms with van der Waals surface area (Å²) in [6, 6.07) is 17.0. The Balaban J connectivity index is 0.000000288. The van der Waals surface area contributed by atoms with Crippen LogP contribution in [-0.2, 0) is 32.5 Å². The summed E-state index contributed by atoms with van der Waals surface area (Å²) in [6.45, 7) is 10.2. The molecule has 0 unspecified atom stereocenters. The van der Waals surface area contributed by atoms with Crippen LogP contribution < -0.4 is 0 Å². The maximum atomic E-state index is 12.0. The van der Waals surface area contributed by atoms with Crippen LogP contribution in [0.25, 0.3) is 0 Å². The average molecular weight is 544 g/mol. The summed E-state index contributed by atoms with van der Waals surface area (Å²) >= 11 is 1.91. The number of hydrogen-bond acceptors (Lipinski definition) is 3. The van der Waals surface area contributed by atoms with E-state index in [0.717, 1.165) is 9.54 Å². The van der Waals surface area contributed by atoms with Gasteiger partial charge < -0.3 is 15.9 Å². The molecule has 3 aromatic rings. The molecule has 0 atom stereocenters. The maximum absolute atomic E-state index is 12.0. The molecule has 0 saturated carbocycles. The van der Waals surface area contributed by atoms with Crippen LogP contribution in [0, 0.1) is 23.7 Å².